The van der Waals surface area contributed by atoms with E-state index < -0.39 is 11.5 Å². The number of hydrogen-bond acceptors (Lipinski definition) is 5. The molecule has 1 unspecified atom stereocenters. The van der Waals surface area contributed by atoms with Gasteiger partial charge in [-0.15, -0.1) is 0 Å². The van der Waals surface area contributed by atoms with Gasteiger partial charge in [-0.1, -0.05) is 29.8 Å². The van der Waals surface area contributed by atoms with Crippen LogP contribution in [0.25, 0.3) is 6.08 Å². The number of fused-ring (bicyclic) bond motifs is 2. The first-order chi connectivity index (χ1) is 12.5. The minimum absolute atomic E-state index is 0.183. The van der Waals surface area contributed by atoms with E-state index in [0.717, 1.165) is 11.1 Å². The van der Waals surface area contributed by atoms with Crippen molar-refractivity contribution < 1.29 is 24.2 Å². The van der Waals surface area contributed by atoms with Crippen LogP contribution in [0.4, 0.5) is 5.69 Å². The summed E-state index contributed by atoms with van der Waals surface area (Å²) in [6.45, 7) is 2.05. The Kier molecular flexibility index (Phi) is 3.77. The molecule has 2 N–H and O–H groups in total. The molecule has 0 saturated heterocycles. The van der Waals surface area contributed by atoms with Gasteiger partial charge in [0.25, 0.3) is 5.91 Å². The molecule has 0 aliphatic carbocycles. The van der Waals surface area contributed by atoms with Crippen LogP contribution in [0.2, 0.25) is 0 Å². The van der Waals surface area contributed by atoms with Gasteiger partial charge in [-0.3, -0.25) is 9.59 Å². The maximum Gasteiger partial charge on any atom is 0.261 e. The third kappa shape index (κ3) is 2.74. The largest absolute Gasteiger partial charge is 0.454 e. The van der Waals surface area contributed by atoms with Crippen molar-refractivity contribution in [3.05, 3.63) is 59.2 Å². The van der Waals surface area contributed by atoms with Crippen LogP contribution in [0.3, 0.4) is 0 Å². The first-order valence-electron chi connectivity index (χ1n) is 8.21. The Morgan fingerprint density at radius 2 is 2.04 bits per heavy atom. The van der Waals surface area contributed by atoms with Gasteiger partial charge in [-0.25, -0.2) is 0 Å². The minimum Gasteiger partial charge on any atom is -0.454 e. The molecular formula is C20H17NO5. The van der Waals surface area contributed by atoms with Gasteiger partial charge in [0, 0.05) is 11.3 Å². The molecule has 2 aromatic carbocycles. The summed E-state index contributed by atoms with van der Waals surface area (Å²) in [4.78, 5) is 24.6. The van der Waals surface area contributed by atoms with Crippen molar-refractivity contribution in [2.24, 2.45) is 0 Å². The minimum atomic E-state index is -1.85. The van der Waals surface area contributed by atoms with Crippen molar-refractivity contribution in [3.63, 3.8) is 0 Å². The maximum absolute atomic E-state index is 12.4. The lowest BCUT2D eigenvalue weighted by Crippen LogP contribution is -2.36. The topological polar surface area (TPSA) is 84.9 Å². The van der Waals surface area contributed by atoms with Crippen LogP contribution >= 0.6 is 0 Å². The van der Waals surface area contributed by atoms with Crippen LogP contribution in [0, 0.1) is 6.92 Å². The Bertz CT molecular complexity index is 949. The summed E-state index contributed by atoms with van der Waals surface area (Å²) in [6, 6.07) is 10.6. The Morgan fingerprint density at radius 3 is 2.88 bits per heavy atom. The van der Waals surface area contributed by atoms with Gasteiger partial charge in [0.1, 0.15) is 0 Å². The molecule has 6 heteroatoms. The number of carbonyl (C=O) groups is 2. The number of allylic oxidation sites excluding steroid dienone is 1. The molecular weight excluding hydrogens is 334 g/mol. The normalized spacial score (nSPS) is 20.3. The fourth-order valence-electron chi connectivity index (χ4n) is 3.15. The van der Waals surface area contributed by atoms with E-state index in [4.69, 9.17) is 9.47 Å². The van der Waals surface area contributed by atoms with Crippen molar-refractivity contribution in [2.75, 3.05) is 12.1 Å². The van der Waals surface area contributed by atoms with Crippen molar-refractivity contribution in [2.45, 2.75) is 18.9 Å². The zero-order valence-corrected chi connectivity index (χ0v) is 14.1. The van der Waals surface area contributed by atoms with Crippen molar-refractivity contribution in [1.29, 1.82) is 0 Å². The van der Waals surface area contributed by atoms with Gasteiger partial charge in [-0.2, -0.15) is 0 Å². The summed E-state index contributed by atoms with van der Waals surface area (Å²) in [6.07, 6.45) is 2.66. The molecule has 1 atom stereocenters. The maximum atomic E-state index is 12.4. The van der Waals surface area contributed by atoms with E-state index in [9.17, 15) is 14.7 Å². The van der Waals surface area contributed by atoms with Crippen LogP contribution < -0.4 is 14.8 Å². The molecule has 0 radical (unpaired) electrons. The third-order valence-electron chi connectivity index (χ3n) is 4.53. The van der Waals surface area contributed by atoms with Gasteiger partial charge in [-0.05, 0) is 36.8 Å². The summed E-state index contributed by atoms with van der Waals surface area (Å²) in [5, 5.41) is 13.5. The Labute approximate surface area is 150 Å². The van der Waals surface area contributed by atoms with Crippen LogP contribution in [-0.2, 0) is 15.2 Å². The van der Waals surface area contributed by atoms with Gasteiger partial charge in [0.2, 0.25) is 6.79 Å². The standard InChI is InChI=1S/C20H17NO5/c1-12-2-6-16-15(8-12)20(24,19(23)21-16)10-14(22)5-3-13-4-7-17-18(9-13)26-11-25-17/h2-9,24H,10-11H2,1H3,(H,21,23)/b5-3-. The molecule has 0 spiro atoms. The zero-order valence-electron chi connectivity index (χ0n) is 14.1. The van der Waals surface area contributed by atoms with Gasteiger partial charge in [0.05, 0.1) is 6.42 Å². The monoisotopic (exact) mass is 351 g/mol. The second kappa shape index (κ2) is 6.00. The highest BCUT2D eigenvalue weighted by molar-refractivity contribution is 6.08. The summed E-state index contributed by atoms with van der Waals surface area (Å²) in [5.74, 6) is 0.354. The van der Waals surface area contributed by atoms with Crippen LogP contribution in [0.1, 0.15) is 23.1 Å². The predicted molar refractivity (Wildman–Crippen MR) is 94.9 cm³/mol. The highest BCUT2D eigenvalue weighted by Gasteiger charge is 2.46. The molecule has 0 fully saturated rings. The predicted octanol–water partition coefficient (Wildman–Crippen LogP) is 2.54. The van der Waals surface area contributed by atoms with Crippen LogP contribution in [-0.4, -0.2) is 23.6 Å². The number of carbonyl (C=O) groups excluding carboxylic acids is 2. The quantitative estimate of drug-likeness (QED) is 0.827. The van der Waals surface area contributed by atoms with Crippen LogP contribution in [0.15, 0.2) is 42.5 Å². The van der Waals surface area contributed by atoms with E-state index in [-0.39, 0.29) is 19.0 Å². The lowest BCUT2D eigenvalue weighted by Gasteiger charge is -2.19. The molecule has 0 saturated carbocycles. The fourth-order valence-corrected chi connectivity index (χ4v) is 3.15. The summed E-state index contributed by atoms with van der Waals surface area (Å²) >= 11 is 0. The molecule has 0 aromatic heterocycles. The second-order valence-corrected chi connectivity index (χ2v) is 6.45. The number of rotatable bonds is 4. The lowest BCUT2D eigenvalue weighted by atomic mass is 9.89. The number of anilines is 1. The third-order valence-corrected chi connectivity index (χ3v) is 4.53. The van der Waals surface area contributed by atoms with Gasteiger partial charge < -0.3 is 19.9 Å². The van der Waals surface area contributed by atoms with E-state index in [2.05, 4.69) is 5.32 Å². The summed E-state index contributed by atoms with van der Waals surface area (Å²) < 4.78 is 10.5. The Balaban J connectivity index is 1.53. The van der Waals surface area contributed by atoms with E-state index in [0.29, 0.717) is 22.7 Å². The molecule has 0 bridgehead atoms. The van der Waals surface area contributed by atoms with Crippen LogP contribution in [0.5, 0.6) is 11.5 Å². The molecule has 4 rings (SSSR count). The number of ketones is 1. The Morgan fingerprint density at radius 1 is 1.23 bits per heavy atom. The van der Waals surface area contributed by atoms with Gasteiger partial charge >= 0.3 is 0 Å². The van der Waals surface area contributed by atoms with Crippen molar-refractivity contribution >= 4 is 23.5 Å². The molecule has 6 nitrogen and oxygen atoms in total. The van der Waals surface area contributed by atoms with Crippen molar-refractivity contribution in [3.8, 4) is 11.5 Å². The molecule has 26 heavy (non-hydrogen) atoms. The highest BCUT2D eigenvalue weighted by atomic mass is 16.7. The number of aryl methyl sites for hydroxylation is 1. The smallest absolute Gasteiger partial charge is 0.261 e. The molecule has 2 aliphatic heterocycles. The summed E-state index contributed by atoms with van der Waals surface area (Å²) in [5.41, 5.74) is 0.796. The average Bonchev–Trinajstić information content (AvgIpc) is 3.17. The number of amides is 1. The first-order valence-corrected chi connectivity index (χ1v) is 8.21. The fraction of sp³-hybridized carbons (Fsp3) is 0.200. The van der Waals surface area contributed by atoms with E-state index >= 15 is 0 Å². The number of benzene rings is 2. The average molecular weight is 351 g/mol. The second-order valence-electron chi connectivity index (χ2n) is 6.45. The van der Waals surface area contributed by atoms with E-state index in [1.807, 2.05) is 13.0 Å². The molecule has 132 valence electrons. The number of hydrogen-bond donors (Lipinski definition) is 2. The number of nitrogens with one attached hydrogen (secondary N) is 1. The molecule has 2 aromatic rings. The zero-order chi connectivity index (χ0) is 18.3. The summed E-state index contributed by atoms with van der Waals surface area (Å²) in [7, 11) is 0. The SMILES string of the molecule is Cc1ccc2c(c1)C(O)(CC(=O)/C=C\c1ccc3c(c1)OCO3)C(=O)N2. The van der Waals surface area contributed by atoms with E-state index in [1.54, 1.807) is 36.4 Å². The number of aliphatic hydroxyl groups is 1. The molecule has 2 aliphatic rings. The van der Waals surface area contributed by atoms with Gasteiger partial charge in [0.15, 0.2) is 22.9 Å². The molecule has 1 amide bonds. The van der Waals surface area contributed by atoms with Crippen molar-refractivity contribution in [1.82, 2.24) is 0 Å². The first kappa shape index (κ1) is 16.4. The number of ether oxygens (including phenoxy) is 2. The Hall–Kier alpha value is -3.12. The molecule has 2 heterocycles. The highest BCUT2D eigenvalue weighted by Crippen LogP contribution is 2.39. The van der Waals surface area contributed by atoms with E-state index in [1.165, 1.54) is 6.08 Å². The lowest BCUT2D eigenvalue weighted by molar-refractivity contribution is -0.138.